The van der Waals surface area contributed by atoms with Crippen molar-refractivity contribution >= 4 is 11.6 Å². The van der Waals surface area contributed by atoms with Gasteiger partial charge in [-0.3, -0.25) is 0 Å². The van der Waals surface area contributed by atoms with Crippen molar-refractivity contribution in [2.75, 3.05) is 6.54 Å². The highest BCUT2D eigenvalue weighted by Crippen LogP contribution is 2.18. The number of halogens is 1. The van der Waals surface area contributed by atoms with E-state index < -0.39 is 0 Å². The average Bonchev–Trinajstić information content (AvgIpc) is 2.34. The van der Waals surface area contributed by atoms with Crippen LogP contribution in [-0.2, 0) is 19.9 Å². The van der Waals surface area contributed by atoms with Crippen molar-refractivity contribution in [2.45, 2.75) is 26.7 Å². The van der Waals surface area contributed by atoms with Gasteiger partial charge in [0.15, 0.2) is 0 Å². The summed E-state index contributed by atoms with van der Waals surface area (Å²) in [6, 6.07) is 0. The molecule has 0 radical (unpaired) electrons. The number of hydrogen-bond donors (Lipinski definition) is 1. The Hall–Kier alpha value is -0.540. The van der Waals surface area contributed by atoms with E-state index in [1.54, 1.807) is 0 Å². The van der Waals surface area contributed by atoms with Crippen LogP contribution in [0.3, 0.4) is 0 Å². The molecular formula is C10H18ClN3. The van der Waals surface area contributed by atoms with Crippen LogP contribution < -0.4 is 5.73 Å². The minimum atomic E-state index is 0.595. The molecule has 0 fully saturated rings. The molecule has 0 aliphatic carbocycles. The molecule has 1 aromatic heterocycles. The molecule has 0 atom stereocenters. The molecule has 0 amide bonds. The summed E-state index contributed by atoms with van der Waals surface area (Å²) in [4.78, 5) is 4.49. The zero-order valence-corrected chi connectivity index (χ0v) is 9.80. The highest BCUT2D eigenvalue weighted by atomic mass is 35.5. The van der Waals surface area contributed by atoms with Crippen LogP contribution in [0.25, 0.3) is 0 Å². The van der Waals surface area contributed by atoms with Crippen molar-refractivity contribution in [1.29, 1.82) is 0 Å². The summed E-state index contributed by atoms with van der Waals surface area (Å²) in [6.45, 7) is 4.94. The van der Waals surface area contributed by atoms with E-state index in [9.17, 15) is 0 Å². The Labute approximate surface area is 90.3 Å². The van der Waals surface area contributed by atoms with Gasteiger partial charge in [0.05, 0.1) is 5.69 Å². The van der Waals surface area contributed by atoms with Crippen LogP contribution in [0, 0.1) is 5.92 Å². The lowest BCUT2D eigenvalue weighted by Gasteiger charge is -2.04. The Balaban J connectivity index is 2.90. The molecule has 80 valence electrons. The number of nitrogens with zero attached hydrogens (tertiary/aromatic N) is 2. The van der Waals surface area contributed by atoms with Gasteiger partial charge in [0.2, 0.25) is 0 Å². The molecule has 0 aromatic carbocycles. The summed E-state index contributed by atoms with van der Waals surface area (Å²) in [5, 5.41) is 0.728. The third kappa shape index (κ3) is 2.49. The monoisotopic (exact) mass is 215 g/mol. The van der Waals surface area contributed by atoms with Crippen LogP contribution in [0.5, 0.6) is 0 Å². The van der Waals surface area contributed by atoms with E-state index in [2.05, 4.69) is 18.8 Å². The Morgan fingerprint density at radius 3 is 2.64 bits per heavy atom. The van der Waals surface area contributed by atoms with Crippen LogP contribution in [0.2, 0.25) is 5.15 Å². The minimum Gasteiger partial charge on any atom is -0.330 e. The summed E-state index contributed by atoms with van der Waals surface area (Å²) in [5.41, 5.74) is 6.41. The zero-order valence-electron chi connectivity index (χ0n) is 9.05. The smallest absolute Gasteiger partial charge is 0.131 e. The number of imidazole rings is 1. The number of aromatic nitrogens is 2. The molecule has 1 rings (SSSR count). The molecule has 14 heavy (non-hydrogen) atoms. The van der Waals surface area contributed by atoms with Gasteiger partial charge in [0.25, 0.3) is 0 Å². The summed E-state index contributed by atoms with van der Waals surface area (Å²) in [5.74, 6) is 1.64. The van der Waals surface area contributed by atoms with Gasteiger partial charge in [0.1, 0.15) is 11.0 Å². The Morgan fingerprint density at radius 1 is 1.50 bits per heavy atom. The summed E-state index contributed by atoms with van der Waals surface area (Å²) >= 11 is 6.12. The SMILES string of the molecule is CC(C)Cc1nc(CCN)c(Cl)n1C. The quantitative estimate of drug-likeness (QED) is 0.832. The average molecular weight is 216 g/mol. The first kappa shape index (κ1) is 11.5. The van der Waals surface area contributed by atoms with Gasteiger partial charge in [-0.15, -0.1) is 0 Å². The predicted molar refractivity (Wildman–Crippen MR) is 59.5 cm³/mol. The maximum atomic E-state index is 6.12. The molecule has 1 heterocycles. The molecule has 4 heteroatoms. The lowest BCUT2D eigenvalue weighted by molar-refractivity contribution is 0.602. The van der Waals surface area contributed by atoms with Gasteiger partial charge in [-0.25, -0.2) is 4.98 Å². The Morgan fingerprint density at radius 2 is 2.14 bits per heavy atom. The fourth-order valence-corrected chi connectivity index (χ4v) is 1.66. The van der Waals surface area contributed by atoms with Crippen molar-refractivity contribution in [3.63, 3.8) is 0 Å². The van der Waals surface area contributed by atoms with E-state index in [1.165, 1.54) is 0 Å². The fraction of sp³-hybridized carbons (Fsp3) is 0.700. The lowest BCUT2D eigenvalue weighted by Crippen LogP contribution is -2.03. The summed E-state index contributed by atoms with van der Waals surface area (Å²) in [7, 11) is 1.95. The van der Waals surface area contributed by atoms with Gasteiger partial charge < -0.3 is 10.3 Å². The van der Waals surface area contributed by atoms with Gasteiger partial charge in [0, 0.05) is 19.9 Å². The third-order valence-corrected chi connectivity index (χ3v) is 2.63. The lowest BCUT2D eigenvalue weighted by atomic mass is 10.1. The Bertz CT molecular complexity index is 305. The van der Waals surface area contributed by atoms with E-state index in [-0.39, 0.29) is 0 Å². The van der Waals surface area contributed by atoms with Gasteiger partial charge >= 0.3 is 0 Å². The minimum absolute atomic E-state index is 0.595. The molecule has 2 N–H and O–H groups in total. The van der Waals surface area contributed by atoms with Gasteiger partial charge in [-0.2, -0.15) is 0 Å². The van der Waals surface area contributed by atoms with Gasteiger partial charge in [-0.05, 0) is 12.5 Å². The van der Waals surface area contributed by atoms with E-state index in [0.29, 0.717) is 12.5 Å². The molecule has 1 aromatic rings. The second kappa shape index (κ2) is 4.80. The molecule has 0 aliphatic heterocycles. The topological polar surface area (TPSA) is 43.8 Å². The standard InChI is InChI=1S/C10H18ClN3/c1-7(2)6-9-13-8(4-5-12)10(11)14(9)3/h7H,4-6,12H2,1-3H3. The second-order valence-electron chi connectivity index (χ2n) is 3.96. The maximum Gasteiger partial charge on any atom is 0.131 e. The number of nitrogens with two attached hydrogens (primary N) is 1. The highest BCUT2D eigenvalue weighted by Gasteiger charge is 2.12. The molecule has 3 nitrogen and oxygen atoms in total. The predicted octanol–water partition coefficient (Wildman–Crippen LogP) is 1.77. The first-order valence-electron chi connectivity index (χ1n) is 4.96. The summed E-state index contributed by atoms with van der Waals surface area (Å²) in [6.07, 6.45) is 1.71. The van der Waals surface area contributed by atoms with E-state index in [0.717, 1.165) is 29.5 Å². The van der Waals surface area contributed by atoms with Crippen LogP contribution in [0.4, 0.5) is 0 Å². The van der Waals surface area contributed by atoms with Crippen LogP contribution in [0.15, 0.2) is 0 Å². The van der Waals surface area contributed by atoms with Crippen molar-refractivity contribution < 1.29 is 0 Å². The van der Waals surface area contributed by atoms with Crippen LogP contribution in [0.1, 0.15) is 25.4 Å². The molecule has 0 bridgehead atoms. The zero-order chi connectivity index (χ0) is 10.7. The van der Waals surface area contributed by atoms with E-state index >= 15 is 0 Å². The molecule has 0 saturated heterocycles. The summed E-state index contributed by atoms with van der Waals surface area (Å²) < 4.78 is 1.95. The third-order valence-electron chi connectivity index (χ3n) is 2.16. The van der Waals surface area contributed by atoms with Crippen LogP contribution in [-0.4, -0.2) is 16.1 Å². The van der Waals surface area contributed by atoms with E-state index in [4.69, 9.17) is 17.3 Å². The molecule has 0 aliphatic rings. The second-order valence-corrected chi connectivity index (χ2v) is 4.32. The van der Waals surface area contributed by atoms with Crippen molar-refractivity contribution in [1.82, 2.24) is 9.55 Å². The maximum absolute atomic E-state index is 6.12. The fourth-order valence-electron chi connectivity index (χ4n) is 1.43. The molecule has 0 spiro atoms. The molecule has 0 saturated carbocycles. The first-order chi connectivity index (χ1) is 6.56. The molecular weight excluding hydrogens is 198 g/mol. The largest absolute Gasteiger partial charge is 0.330 e. The van der Waals surface area contributed by atoms with Gasteiger partial charge in [-0.1, -0.05) is 25.4 Å². The van der Waals surface area contributed by atoms with Crippen molar-refractivity contribution in [3.05, 3.63) is 16.7 Å². The van der Waals surface area contributed by atoms with Crippen molar-refractivity contribution in [3.8, 4) is 0 Å². The molecule has 0 unspecified atom stereocenters. The van der Waals surface area contributed by atoms with Crippen LogP contribution >= 0.6 is 11.6 Å². The Kier molecular flexibility index (Phi) is 3.96. The highest BCUT2D eigenvalue weighted by molar-refractivity contribution is 6.30. The number of hydrogen-bond acceptors (Lipinski definition) is 2. The first-order valence-corrected chi connectivity index (χ1v) is 5.34. The van der Waals surface area contributed by atoms with Crippen molar-refractivity contribution in [2.24, 2.45) is 18.7 Å². The normalized spacial score (nSPS) is 11.3. The van der Waals surface area contributed by atoms with E-state index in [1.807, 2.05) is 11.6 Å². The number of rotatable bonds is 4.